The molecule has 1 amide bonds. The van der Waals surface area contributed by atoms with Crippen molar-refractivity contribution in [3.8, 4) is 0 Å². The maximum absolute atomic E-state index is 11.6. The van der Waals surface area contributed by atoms with Crippen LogP contribution < -0.4 is 0 Å². The first-order chi connectivity index (χ1) is 7.61. The summed E-state index contributed by atoms with van der Waals surface area (Å²) < 4.78 is 24.4. The summed E-state index contributed by atoms with van der Waals surface area (Å²) in [6, 6.07) is 0. The molecule has 0 aromatic carbocycles. The smallest absolute Gasteiger partial charge is 0.410 e. The molecule has 0 saturated carbocycles. The molecule has 0 aliphatic heterocycles. The van der Waals surface area contributed by atoms with Crippen LogP contribution in [0.4, 0.5) is 4.79 Å². The second kappa shape index (κ2) is 6.93. The molecule has 0 aliphatic rings. The lowest BCUT2D eigenvalue weighted by Gasteiger charge is -2.25. The number of amides is 1. The van der Waals surface area contributed by atoms with E-state index in [9.17, 15) is 9.00 Å². The molecule has 1 unspecified atom stereocenters. The van der Waals surface area contributed by atoms with Gasteiger partial charge in [0.1, 0.15) is 11.5 Å². The molecule has 0 radical (unpaired) electrons. The lowest BCUT2D eigenvalue weighted by Crippen LogP contribution is -2.39. The SMILES string of the molecule is CN(CCN(C)C(=O)OC(C)(C)C)CS(=O)O. The number of hydrogen-bond donors (Lipinski definition) is 1. The number of carbonyl (C=O) groups is 1. The number of ether oxygens (including phenoxy) is 1. The molecular formula is C10H22N2O4S. The minimum Gasteiger partial charge on any atom is -0.444 e. The van der Waals surface area contributed by atoms with Gasteiger partial charge in [-0.25, -0.2) is 9.00 Å². The molecule has 17 heavy (non-hydrogen) atoms. The molecule has 0 saturated heterocycles. The molecule has 0 fully saturated rings. The molecule has 0 spiro atoms. The fourth-order valence-electron chi connectivity index (χ4n) is 1.00. The van der Waals surface area contributed by atoms with E-state index in [-0.39, 0.29) is 5.88 Å². The normalized spacial score (nSPS) is 13.6. The molecule has 0 aromatic rings. The van der Waals surface area contributed by atoms with Crippen LogP contribution >= 0.6 is 0 Å². The number of nitrogens with zero attached hydrogens (tertiary/aromatic N) is 2. The van der Waals surface area contributed by atoms with Gasteiger partial charge in [-0.15, -0.1) is 0 Å². The highest BCUT2D eigenvalue weighted by molar-refractivity contribution is 7.79. The zero-order chi connectivity index (χ0) is 13.6. The third-order valence-corrected chi connectivity index (χ3v) is 2.51. The van der Waals surface area contributed by atoms with Crippen molar-refractivity contribution in [1.82, 2.24) is 9.80 Å². The van der Waals surface area contributed by atoms with E-state index in [4.69, 9.17) is 9.29 Å². The van der Waals surface area contributed by atoms with Crippen LogP contribution in [-0.4, -0.2) is 63.3 Å². The van der Waals surface area contributed by atoms with Crippen molar-refractivity contribution in [1.29, 1.82) is 0 Å². The molecule has 0 heterocycles. The maximum Gasteiger partial charge on any atom is 0.410 e. The highest BCUT2D eigenvalue weighted by Gasteiger charge is 2.19. The van der Waals surface area contributed by atoms with Crippen LogP contribution in [-0.2, 0) is 15.8 Å². The van der Waals surface area contributed by atoms with Gasteiger partial charge in [0.25, 0.3) is 0 Å². The van der Waals surface area contributed by atoms with Crippen molar-refractivity contribution >= 4 is 17.2 Å². The zero-order valence-electron chi connectivity index (χ0n) is 11.1. The molecule has 1 atom stereocenters. The Balaban J connectivity index is 3.97. The summed E-state index contributed by atoms with van der Waals surface area (Å²) in [6.07, 6.45) is -0.393. The Morgan fingerprint density at radius 2 is 1.82 bits per heavy atom. The van der Waals surface area contributed by atoms with E-state index in [1.54, 1.807) is 39.8 Å². The van der Waals surface area contributed by atoms with Gasteiger partial charge in [-0.2, -0.15) is 0 Å². The van der Waals surface area contributed by atoms with Crippen molar-refractivity contribution in [2.75, 3.05) is 33.1 Å². The van der Waals surface area contributed by atoms with Crippen LogP contribution in [0.5, 0.6) is 0 Å². The van der Waals surface area contributed by atoms with Gasteiger partial charge >= 0.3 is 6.09 Å². The molecule has 6 nitrogen and oxygen atoms in total. The van der Waals surface area contributed by atoms with Crippen LogP contribution in [0.3, 0.4) is 0 Å². The minimum absolute atomic E-state index is 0.0716. The lowest BCUT2D eigenvalue weighted by molar-refractivity contribution is 0.0289. The molecule has 0 aliphatic carbocycles. The van der Waals surface area contributed by atoms with Crippen molar-refractivity contribution in [2.45, 2.75) is 26.4 Å². The van der Waals surface area contributed by atoms with Crippen LogP contribution in [0.15, 0.2) is 0 Å². The van der Waals surface area contributed by atoms with E-state index < -0.39 is 22.8 Å². The second-order valence-corrected chi connectivity index (χ2v) is 5.83. The van der Waals surface area contributed by atoms with Gasteiger partial charge in [0, 0.05) is 20.1 Å². The first kappa shape index (κ1) is 16.3. The van der Waals surface area contributed by atoms with Crippen molar-refractivity contribution in [3.05, 3.63) is 0 Å². The summed E-state index contributed by atoms with van der Waals surface area (Å²) >= 11 is -1.85. The number of likely N-dealkylation sites (N-methyl/N-ethyl adjacent to an activating group) is 2. The number of hydrogen-bond acceptors (Lipinski definition) is 4. The summed E-state index contributed by atoms with van der Waals surface area (Å²) in [4.78, 5) is 14.7. The first-order valence-corrected chi connectivity index (χ1v) is 6.59. The minimum atomic E-state index is -1.85. The number of carbonyl (C=O) groups excluding carboxylic acids is 1. The van der Waals surface area contributed by atoms with Crippen LogP contribution in [0.25, 0.3) is 0 Å². The summed E-state index contributed by atoms with van der Waals surface area (Å²) in [5.74, 6) is 0.0716. The van der Waals surface area contributed by atoms with Crippen molar-refractivity contribution < 1.29 is 18.3 Å². The quantitative estimate of drug-likeness (QED) is 0.751. The Morgan fingerprint density at radius 3 is 2.24 bits per heavy atom. The van der Waals surface area contributed by atoms with E-state index in [2.05, 4.69) is 0 Å². The molecule has 1 N–H and O–H groups in total. The monoisotopic (exact) mass is 266 g/mol. The van der Waals surface area contributed by atoms with Crippen LogP contribution in [0, 0.1) is 0 Å². The van der Waals surface area contributed by atoms with E-state index >= 15 is 0 Å². The highest BCUT2D eigenvalue weighted by Crippen LogP contribution is 2.08. The highest BCUT2D eigenvalue weighted by atomic mass is 32.2. The van der Waals surface area contributed by atoms with Crippen molar-refractivity contribution in [2.24, 2.45) is 0 Å². The molecular weight excluding hydrogens is 244 g/mol. The second-order valence-electron chi connectivity index (χ2n) is 4.93. The first-order valence-electron chi connectivity index (χ1n) is 5.32. The van der Waals surface area contributed by atoms with Gasteiger partial charge in [0.2, 0.25) is 0 Å². The topological polar surface area (TPSA) is 70.1 Å². The van der Waals surface area contributed by atoms with Crippen LogP contribution in [0.1, 0.15) is 20.8 Å². The Bertz CT molecular complexity index is 278. The molecule has 0 aromatic heterocycles. The van der Waals surface area contributed by atoms with Gasteiger partial charge < -0.3 is 14.2 Å². The van der Waals surface area contributed by atoms with E-state index in [1.165, 1.54) is 4.90 Å². The predicted molar refractivity (Wildman–Crippen MR) is 67.1 cm³/mol. The Morgan fingerprint density at radius 1 is 1.29 bits per heavy atom. The standard InChI is InChI=1S/C10H22N2O4S/c1-10(2,3)16-9(13)12(5)7-6-11(4)8-17(14)15/h6-8H2,1-5H3,(H,14,15). The molecule has 102 valence electrons. The van der Waals surface area contributed by atoms with Gasteiger partial charge in [-0.05, 0) is 27.8 Å². The summed E-state index contributed by atoms with van der Waals surface area (Å²) in [6.45, 7) is 6.38. The van der Waals surface area contributed by atoms with E-state index in [1.807, 2.05) is 0 Å². The number of rotatable bonds is 5. The Labute approximate surface area is 105 Å². The summed E-state index contributed by atoms with van der Waals surface area (Å²) in [5.41, 5.74) is -0.510. The lowest BCUT2D eigenvalue weighted by atomic mass is 10.2. The molecule has 0 rings (SSSR count). The van der Waals surface area contributed by atoms with Gasteiger partial charge in [0.05, 0.1) is 0 Å². The summed E-state index contributed by atoms with van der Waals surface area (Å²) in [7, 11) is 3.36. The Hall–Kier alpha value is -0.660. The zero-order valence-corrected chi connectivity index (χ0v) is 11.9. The fourth-order valence-corrected chi connectivity index (χ4v) is 1.51. The molecule has 0 bridgehead atoms. The molecule has 7 heteroatoms. The van der Waals surface area contributed by atoms with Gasteiger partial charge in [-0.3, -0.25) is 4.90 Å². The third-order valence-electron chi connectivity index (χ3n) is 1.85. The van der Waals surface area contributed by atoms with E-state index in [0.717, 1.165) is 0 Å². The summed E-state index contributed by atoms with van der Waals surface area (Å²) in [5, 5.41) is 0. The Kier molecular flexibility index (Phi) is 6.66. The van der Waals surface area contributed by atoms with Gasteiger partial charge in [-0.1, -0.05) is 0 Å². The fraction of sp³-hybridized carbons (Fsp3) is 0.900. The average Bonchev–Trinajstić information content (AvgIpc) is 2.10. The van der Waals surface area contributed by atoms with Gasteiger partial charge in [0.15, 0.2) is 11.1 Å². The van der Waals surface area contributed by atoms with Crippen molar-refractivity contribution in [3.63, 3.8) is 0 Å². The van der Waals surface area contributed by atoms with Crippen LogP contribution in [0.2, 0.25) is 0 Å². The average molecular weight is 266 g/mol. The maximum atomic E-state index is 11.6. The predicted octanol–water partition coefficient (Wildman–Crippen LogP) is 0.964. The third kappa shape index (κ3) is 9.08. The van der Waals surface area contributed by atoms with E-state index in [0.29, 0.717) is 13.1 Å². The largest absolute Gasteiger partial charge is 0.444 e.